The molecule has 0 aromatic carbocycles. The number of nitrogens with zero attached hydrogens (tertiary/aromatic N) is 4. The molecular weight excluding hydrogens is 422 g/mol. The molecule has 1 atom stereocenters. The molecule has 1 fully saturated rings. The van der Waals surface area contributed by atoms with Crippen LogP contribution in [0.15, 0.2) is 49.2 Å². The van der Waals surface area contributed by atoms with E-state index in [0.717, 1.165) is 47.8 Å². The van der Waals surface area contributed by atoms with Gasteiger partial charge in [0, 0.05) is 56.0 Å². The number of rotatable bonds is 6. The SMILES string of the molecule is O=C(NCc1ccn2ccnc2c1)c1cc(Cl)c(-c2cnn(C[C@H]3CCOC3)c2)s1. The second kappa shape index (κ2) is 8.22. The molecule has 1 amide bonds. The Morgan fingerprint density at radius 1 is 1.37 bits per heavy atom. The molecule has 7 nitrogen and oxygen atoms in total. The molecular formula is C21H20ClN5O2S. The third kappa shape index (κ3) is 3.98. The molecule has 4 aromatic rings. The van der Waals surface area contributed by atoms with E-state index in [1.165, 1.54) is 11.3 Å². The van der Waals surface area contributed by atoms with Gasteiger partial charge in [-0.3, -0.25) is 9.48 Å². The molecule has 30 heavy (non-hydrogen) atoms. The Morgan fingerprint density at radius 2 is 2.30 bits per heavy atom. The fraction of sp³-hybridized carbons (Fsp3) is 0.286. The Hall–Kier alpha value is -2.68. The van der Waals surface area contributed by atoms with Crippen LogP contribution in [0.4, 0.5) is 0 Å². The van der Waals surface area contributed by atoms with Crippen LogP contribution in [0, 0.1) is 5.92 Å². The van der Waals surface area contributed by atoms with E-state index >= 15 is 0 Å². The van der Waals surface area contributed by atoms with Crippen LogP contribution < -0.4 is 5.32 Å². The maximum Gasteiger partial charge on any atom is 0.261 e. The van der Waals surface area contributed by atoms with E-state index in [1.54, 1.807) is 18.5 Å². The van der Waals surface area contributed by atoms with Crippen molar-refractivity contribution in [3.63, 3.8) is 0 Å². The van der Waals surface area contributed by atoms with Crippen LogP contribution in [0.3, 0.4) is 0 Å². The van der Waals surface area contributed by atoms with Crippen molar-refractivity contribution in [1.29, 1.82) is 0 Å². The lowest BCUT2D eigenvalue weighted by Crippen LogP contribution is -2.21. The number of imidazole rings is 1. The topological polar surface area (TPSA) is 73.5 Å². The van der Waals surface area contributed by atoms with E-state index in [2.05, 4.69) is 15.4 Å². The highest BCUT2D eigenvalue weighted by molar-refractivity contribution is 7.18. The minimum absolute atomic E-state index is 0.146. The molecule has 4 aromatic heterocycles. The summed E-state index contributed by atoms with van der Waals surface area (Å²) >= 11 is 7.81. The zero-order chi connectivity index (χ0) is 20.5. The van der Waals surface area contributed by atoms with Crippen molar-refractivity contribution in [2.24, 2.45) is 5.92 Å². The quantitative estimate of drug-likeness (QED) is 0.492. The summed E-state index contributed by atoms with van der Waals surface area (Å²) in [4.78, 5) is 18.3. The molecule has 5 rings (SSSR count). The molecule has 0 bridgehead atoms. The maximum absolute atomic E-state index is 12.6. The second-order valence-electron chi connectivity index (χ2n) is 7.38. The lowest BCUT2D eigenvalue weighted by atomic mass is 10.1. The summed E-state index contributed by atoms with van der Waals surface area (Å²) in [6, 6.07) is 5.64. The number of halogens is 1. The van der Waals surface area contributed by atoms with E-state index in [4.69, 9.17) is 16.3 Å². The third-order valence-electron chi connectivity index (χ3n) is 5.19. The van der Waals surface area contributed by atoms with E-state index in [9.17, 15) is 4.79 Å². The van der Waals surface area contributed by atoms with Crippen LogP contribution in [0.2, 0.25) is 5.02 Å². The molecule has 9 heteroatoms. The van der Waals surface area contributed by atoms with Crippen LogP contribution in [-0.2, 0) is 17.8 Å². The van der Waals surface area contributed by atoms with Crippen molar-refractivity contribution in [3.8, 4) is 10.4 Å². The number of hydrogen-bond donors (Lipinski definition) is 1. The lowest BCUT2D eigenvalue weighted by Gasteiger charge is -2.06. The van der Waals surface area contributed by atoms with Gasteiger partial charge < -0.3 is 14.5 Å². The molecule has 154 valence electrons. The van der Waals surface area contributed by atoms with Crippen molar-refractivity contribution in [1.82, 2.24) is 24.5 Å². The van der Waals surface area contributed by atoms with Crippen LogP contribution in [0.5, 0.6) is 0 Å². The number of amides is 1. The van der Waals surface area contributed by atoms with E-state index in [-0.39, 0.29) is 5.91 Å². The standard InChI is InChI=1S/C21H20ClN5O2S/c22-17-8-18(21(28)24-9-14-1-4-26-5-3-23-19(26)7-14)30-20(17)16-10-25-27(12-16)11-15-2-6-29-13-15/h1,3-5,7-8,10,12,15H,2,6,9,11,13H2,(H,24,28)/t15-/m1/s1. The second-order valence-corrected chi connectivity index (χ2v) is 8.84. The average molecular weight is 442 g/mol. The van der Waals surface area contributed by atoms with Gasteiger partial charge in [-0.25, -0.2) is 4.98 Å². The molecule has 0 unspecified atom stereocenters. The van der Waals surface area contributed by atoms with Crippen LogP contribution in [0.1, 0.15) is 21.7 Å². The van der Waals surface area contributed by atoms with Gasteiger partial charge in [-0.15, -0.1) is 11.3 Å². The van der Waals surface area contributed by atoms with E-state index in [1.807, 2.05) is 39.8 Å². The molecule has 0 saturated carbocycles. The maximum atomic E-state index is 12.6. The molecule has 0 spiro atoms. The van der Waals surface area contributed by atoms with Gasteiger partial charge in [-0.05, 0) is 30.2 Å². The number of fused-ring (bicyclic) bond motifs is 1. The number of pyridine rings is 1. The Labute approximate surface area is 182 Å². The van der Waals surface area contributed by atoms with Crippen molar-refractivity contribution in [3.05, 3.63) is 64.6 Å². The van der Waals surface area contributed by atoms with Gasteiger partial charge >= 0.3 is 0 Å². The van der Waals surface area contributed by atoms with Crippen molar-refractivity contribution < 1.29 is 9.53 Å². The fourth-order valence-corrected chi connectivity index (χ4v) is 4.92. The van der Waals surface area contributed by atoms with Crippen LogP contribution in [-0.4, -0.2) is 38.3 Å². The Morgan fingerprint density at radius 3 is 3.17 bits per heavy atom. The first-order valence-electron chi connectivity index (χ1n) is 9.75. The Kier molecular flexibility index (Phi) is 5.28. The highest BCUT2D eigenvalue weighted by Crippen LogP contribution is 2.36. The predicted octanol–water partition coefficient (Wildman–Crippen LogP) is 3.88. The van der Waals surface area contributed by atoms with Gasteiger partial charge in [-0.2, -0.15) is 5.10 Å². The highest BCUT2D eigenvalue weighted by atomic mass is 35.5. The summed E-state index contributed by atoms with van der Waals surface area (Å²) in [6.45, 7) is 2.86. The molecule has 1 N–H and O–H groups in total. The highest BCUT2D eigenvalue weighted by Gasteiger charge is 2.19. The molecule has 1 saturated heterocycles. The van der Waals surface area contributed by atoms with Crippen molar-refractivity contribution >= 4 is 34.5 Å². The lowest BCUT2D eigenvalue weighted by molar-refractivity contribution is 0.0955. The van der Waals surface area contributed by atoms with Gasteiger partial charge in [0.2, 0.25) is 0 Å². The molecule has 0 radical (unpaired) electrons. The fourth-order valence-electron chi connectivity index (χ4n) is 3.58. The third-order valence-corrected chi connectivity index (χ3v) is 6.78. The summed E-state index contributed by atoms with van der Waals surface area (Å²) in [5.74, 6) is 0.353. The average Bonchev–Trinajstić information content (AvgIpc) is 3.53. The smallest absolute Gasteiger partial charge is 0.261 e. The summed E-state index contributed by atoms with van der Waals surface area (Å²) in [5.41, 5.74) is 2.76. The normalized spacial score (nSPS) is 16.4. The first-order valence-corrected chi connectivity index (χ1v) is 10.9. The number of aromatic nitrogens is 4. The van der Waals surface area contributed by atoms with Crippen molar-refractivity contribution in [2.45, 2.75) is 19.5 Å². The number of nitrogens with one attached hydrogen (secondary N) is 1. The predicted molar refractivity (Wildman–Crippen MR) is 116 cm³/mol. The largest absolute Gasteiger partial charge is 0.381 e. The summed E-state index contributed by atoms with van der Waals surface area (Å²) in [5, 5.41) is 7.97. The molecule has 1 aliphatic rings. The molecule has 1 aliphatic heterocycles. The minimum atomic E-state index is -0.146. The number of carbonyl (C=O) groups excluding carboxylic acids is 1. The Balaban J connectivity index is 1.26. The molecule has 0 aliphatic carbocycles. The van der Waals surface area contributed by atoms with Crippen LogP contribution in [0.25, 0.3) is 16.1 Å². The van der Waals surface area contributed by atoms with Gasteiger partial charge in [0.15, 0.2) is 0 Å². The van der Waals surface area contributed by atoms with Gasteiger partial charge in [0.25, 0.3) is 5.91 Å². The summed E-state index contributed by atoms with van der Waals surface area (Å²) in [7, 11) is 0. The first-order chi connectivity index (χ1) is 14.7. The van der Waals surface area contributed by atoms with Gasteiger partial charge in [-0.1, -0.05) is 11.6 Å². The number of thiophene rings is 1. The number of ether oxygens (including phenoxy) is 1. The zero-order valence-corrected chi connectivity index (χ0v) is 17.7. The minimum Gasteiger partial charge on any atom is -0.381 e. The molecule has 5 heterocycles. The Bertz CT molecular complexity index is 1190. The first kappa shape index (κ1) is 19.3. The van der Waals surface area contributed by atoms with Gasteiger partial charge in [0.1, 0.15) is 5.65 Å². The van der Waals surface area contributed by atoms with E-state index < -0.39 is 0 Å². The summed E-state index contributed by atoms with van der Waals surface area (Å²) in [6.07, 6.45) is 10.4. The monoisotopic (exact) mass is 441 g/mol. The number of carbonyl (C=O) groups is 1. The number of hydrogen-bond acceptors (Lipinski definition) is 5. The summed E-state index contributed by atoms with van der Waals surface area (Å²) < 4.78 is 9.29. The zero-order valence-electron chi connectivity index (χ0n) is 16.1. The van der Waals surface area contributed by atoms with Gasteiger partial charge in [0.05, 0.1) is 27.6 Å². The van der Waals surface area contributed by atoms with Crippen LogP contribution >= 0.6 is 22.9 Å². The van der Waals surface area contributed by atoms with E-state index in [0.29, 0.717) is 22.4 Å². The van der Waals surface area contributed by atoms with Crippen molar-refractivity contribution in [2.75, 3.05) is 13.2 Å².